The lowest BCUT2D eigenvalue weighted by Gasteiger charge is -2.25. The highest BCUT2D eigenvalue weighted by Gasteiger charge is 2.20. The van der Waals surface area contributed by atoms with Gasteiger partial charge >= 0.3 is 0 Å². The second kappa shape index (κ2) is 7.71. The van der Waals surface area contributed by atoms with Gasteiger partial charge in [-0.15, -0.1) is 10.2 Å². The van der Waals surface area contributed by atoms with Crippen LogP contribution in [0.3, 0.4) is 0 Å². The Hall–Kier alpha value is -3.13. The van der Waals surface area contributed by atoms with Gasteiger partial charge < -0.3 is 4.90 Å². The van der Waals surface area contributed by atoms with E-state index in [0.29, 0.717) is 16.3 Å². The van der Waals surface area contributed by atoms with Crippen molar-refractivity contribution >= 4 is 34.3 Å². The summed E-state index contributed by atoms with van der Waals surface area (Å²) in [5, 5.41) is 9.56. The number of carbonyl (C=O) groups is 1. The smallest absolute Gasteiger partial charge is 0.262 e. The van der Waals surface area contributed by atoms with E-state index in [-0.39, 0.29) is 23.3 Å². The van der Waals surface area contributed by atoms with Crippen molar-refractivity contribution < 1.29 is 4.79 Å². The number of carbonyl (C=O) groups excluding carboxylic acids is 1. The normalized spacial score (nSPS) is 12.4. The number of rotatable bonds is 5. The first-order valence-electron chi connectivity index (χ1n) is 9.25. The summed E-state index contributed by atoms with van der Waals surface area (Å²) >= 11 is 1.32. The number of amides is 1. The third kappa shape index (κ3) is 3.40. The van der Waals surface area contributed by atoms with E-state index in [1.807, 2.05) is 66.9 Å². The number of fused-ring (bicyclic) bond motifs is 3. The molecule has 0 aliphatic carbocycles. The lowest BCUT2D eigenvalue weighted by atomic mass is 10.1. The zero-order valence-electron chi connectivity index (χ0n) is 16.4. The Morgan fingerprint density at radius 3 is 2.55 bits per heavy atom. The van der Waals surface area contributed by atoms with E-state index < -0.39 is 0 Å². The number of benzene rings is 2. The van der Waals surface area contributed by atoms with Crippen molar-refractivity contribution in [2.75, 3.05) is 12.8 Å². The molecule has 1 atom stereocenters. The SMILES string of the molecule is CC(c1ccccc1)N(C)C(=O)CSc1nnc2n(C)c(=O)c3ccccc3n12. The Labute approximate surface area is 172 Å². The molecule has 0 aliphatic rings. The Bertz CT molecular complexity index is 1250. The van der Waals surface area contributed by atoms with Crippen molar-refractivity contribution in [3.63, 3.8) is 0 Å². The molecule has 0 radical (unpaired) electrons. The number of thioether (sulfide) groups is 1. The van der Waals surface area contributed by atoms with Crippen LogP contribution in [-0.4, -0.2) is 42.8 Å². The van der Waals surface area contributed by atoms with E-state index in [1.54, 1.807) is 18.0 Å². The van der Waals surface area contributed by atoms with E-state index in [0.717, 1.165) is 11.1 Å². The molecule has 2 heterocycles. The molecule has 4 aromatic rings. The lowest BCUT2D eigenvalue weighted by Crippen LogP contribution is -2.31. The summed E-state index contributed by atoms with van der Waals surface area (Å²) in [5.41, 5.74) is 1.70. The van der Waals surface area contributed by atoms with Gasteiger partial charge in [0.15, 0.2) is 5.16 Å². The Morgan fingerprint density at radius 2 is 1.79 bits per heavy atom. The zero-order valence-corrected chi connectivity index (χ0v) is 17.3. The van der Waals surface area contributed by atoms with Crippen molar-refractivity contribution in [2.45, 2.75) is 18.1 Å². The first kappa shape index (κ1) is 19.2. The third-order valence-electron chi connectivity index (χ3n) is 5.18. The summed E-state index contributed by atoms with van der Waals surface area (Å²) in [7, 11) is 3.48. The molecule has 2 aromatic carbocycles. The molecule has 7 nitrogen and oxygen atoms in total. The number of aryl methyl sites for hydroxylation is 1. The molecule has 0 saturated carbocycles. The molecule has 0 N–H and O–H groups in total. The van der Waals surface area contributed by atoms with Gasteiger partial charge in [-0.25, -0.2) is 0 Å². The molecule has 2 aromatic heterocycles. The number of para-hydroxylation sites is 1. The number of hydrogen-bond acceptors (Lipinski definition) is 5. The molecule has 4 rings (SSSR count). The number of nitrogens with zero attached hydrogens (tertiary/aromatic N) is 5. The van der Waals surface area contributed by atoms with Gasteiger partial charge in [-0.2, -0.15) is 0 Å². The highest BCUT2D eigenvalue weighted by molar-refractivity contribution is 7.99. The second-order valence-corrected chi connectivity index (χ2v) is 7.82. The summed E-state index contributed by atoms with van der Waals surface area (Å²) in [6.07, 6.45) is 0. The van der Waals surface area contributed by atoms with Gasteiger partial charge in [0.25, 0.3) is 5.56 Å². The molecule has 1 unspecified atom stereocenters. The van der Waals surface area contributed by atoms with E-state index >= 15 is 0 Å². The maximum absolute atomic E-state index is 12.8. The minimum Gasteiger partial charge on any atom is -0.338 e. The monoisotopic (exact) mass is 407 g/mol. The van der Waals surface area contributed by atoms with Crippen LogP contribution in [0.5, 0.6) is 0 Å². The predicted molar refractivity (Wildman–Crippen MR) is 114 cm³/mol. The number of hydrogen-bond donors (Lipinski definition) is 0. The molecule has 0 saturated heterocycles. The minimum atomic E-state index is -0.121. The average molecular weight is 407 g/mol. The van der Waals surface area contributed by atoms with Crippen LogP contribution in [0.1, 0.15) is 18.5 Å². The highest BCUT2D eigenvalue weighted by atomic mass is 32.2. The van der Waals surface area contributed by atoms with Gasteiger partial charge in [0.05, 0.1) is 22.7 Å². The highest BCUT2D eigenvalue weighted by Crippen LogP contribution is 2.23. The van der Waals surface area contributed by atoms with Gasteiger partial charge in [0.2, 0.25) is 11.7 Å². The van der Waals surface area contributed by atoms with Crippen LogP contribution in [0.2, 0.25) is 0 Å². The third-order valence-corrected chi connectivity index (χ3v) is 6.09. The minimum absolute atomic E-state index is 0.00257. The maximum atomic E-state index is 12.8. The van der Waals surface area contributed by atoms with Crippen LogP contribution >= 0.6 is 11.8 Å². The quantitative estimate of drug-likeness (QED) is 0.476. The lowest BCUT2D eigenvalue weighted by molar-refractivity contribution is -0.128. The standard InChI is InChI=1S/C21H21N5O2S/c1-14(15-9-5-4-6-10-15)24(2)18(27)13-29-21-23-22-20-25(3)19(28)16-11-7-8-12-17(16)26(20)21/h4-12,14H,13H2,1-3H3. The fourth-order valence-corrected chi connectivity index (χ4v) is 4.17. The summed E-state index contributed by atoms with van der Waals surface area (Å²) in [6, 6.07) is 17.2. The zero-order chi connectivity index (χ0) is 20.5. The summed E-state index contributed by atoms with van der Waals surface area (Å²) in [5.74, 6) is 0.679. The summed E-state index contributed by atoms with van der Waals surface area (Å²) in [4.78, 5) is 27.0. The van der Waals surface area contributed by atoms with Crippen LogP contribution in [-0.2, 0) is 11.8 Å². The predicted octanol–water partition coefficient (Wildman–Crippen LogP) is 2.89. The van der Waals surface area contributed by atoms with Crippen molar-refractivity contribution in [1.29, 1.82) is 0 Å². The van der Waals surface area contributed by atoms with Crippen LogP contribution in [0.4, 0.5) is 0 Å². The van der Waals surface area contributed by atoms with Gasteiger partial charge in [-0.05, 0) is 24.6 Å². The van der Waals surface area contributed by atoms with E-state index in [4.69, 9.17) is 0 Å². The summed E-state index contributed by atoms with van der Waals surface area (Å²) < 4.78 is 3.31. The van der Waals surface area contributed by atoms with Gasteiger partial charge in [-0.1, -0.05) is 54.2 Å². The van der Waals surface area contributed by atoms with Gasteiger partial charge in [0.1, 0.15) is 0 Å². The molecular weight excluding hydrogens is 386 g/mol. The van der Waals surface area contributed by atoms with Crippen molar-refractivity contribution in [3.05, 3.63) is 70.5 Å². The van der Waals surface area contributed by atoms with Crippen molar-refractivity contribution in [1.82, 2.24) is 24.1 Å². The first-order chi connectivity index (χ1) is 14.0. The molecule has 0 aliphatic heterocycles. The average Bonchev–Trinajstić information content (AvgIpc) is 3.19. The van der Waals surface area contributed by atoms with Crippen molar-refractivity contribution in [3.8, 4) is 0 Å². The van der Waals surface area contributed by atoms with Crippen molar-refractivity contribution in [2.24, 2.45) is 7.05 Å². The fourth-order valence-electron chi connectivity index (χ4n) is 3.30. The largest absolute Gasteiger partial charge is 0.338 e. The summed E-state index contributed by atoms with van der Waals surface area (Å²) in [6.45, 7) is 2.01. The maximum Gasteiger partial charge on any atom is 0.262 e. The van der Waals surface area contributed by atoms with E-state index in [1.165, 1.54) is 16.3 Å². The molecule has 0 fully saturated rings. The molecule has 148 valence electrons. The van der Waals surface area contributed by atoms with E-state index in [9.17, 15) is 9.59 Å². The van der Waals surface area contributed by atoms with E-state index in [2.05, 4.69) is 10.2 Å². The molecule has 29 heavy (non-hydrogen) atoms. The fraction of sp³-hybridized carbons (Fsp3) is 0.238. The Kier molecular flexibility index (Phi) is 5.10. The molecule has 0 bridgehead atoms. The van der Waals surface area contributed by atoms with Gasteiger partial charge in [0, 0.05) is 14.1 Å². The van der Waals surface area contributed by atoms with Crippen LogP contribution in [0, 0.1) is 0 Å². The number of aromatic nitrogens is 4. The molecule has 1 amide bonds. The van der Waals surface area contributed by atoms with Crippen LogP contribution < -0.4 is 5.56 Å². The second-order valence-electron chi connectivity index (χ2n) is 6.88. The molecule has 0 spiro atoms. The van der Waals surface area contributed by atoms with Crippen LogP contribution in [0.25, 0.3) is 16.7 Å². The Balaban J connectivity index is 1.61. The molecular formula is C21H21N5O2S. The van der Waals surface area contributed by atoms with Gasteiger partial charge in [-0.3, -0.25) is 18.6 Å². The van der Waals surface area contributed by atoms with Crippen LogP contribution in [0.15, 0.2) is 64.5 Å². The first-order valence-corrected chi connectivity index (χ1v) is 10.2. The molecule has 8 heteroatoms. The Morgan fingerprint density at radius 1 is 1.10 bits per heavy atom. The topological polar surface area (TPSA) is 72.5 Å².